The SMILES string of the molecule is c1ccc2c3[nH]c(c2c1)Nc1[nH]c(c2ccccc12)NC1NC(NC2=NC(N3)C3CCCCC23)C2CCCCC12. The van der Waals surface area contributed by atoms with E-state index in [9.17, 15) is 0 Å². The smallest absolute Gasteiger partial charge is 0.125 e. The second-order valence-electron chi connectivity index (χ2n) is 12.6. The van der Waals surface area contributed by atoms with Crippen LogP contribution in [-0.4, -0.2) is 34.3 Å². The van der Waals surface area contributed by atoms with Gasteiger partial charge in [-0.05, 0) is 37.5 Å². The number of benzene rings is 2. The minimum absolute atomic E-state index is 0.0750. The summed E-state index contributed by atoms with van der Waals surface area (Å²) in [5, 5.41) is 24.4. The molecule has 2 aromatic carbocycles. The number of aromatic amines is 2. The summed E-state index contributed by atoms with van der Waals surface area (Å²) in [5.74, 6) is 7.57. The van der Waals surface area contributed by atoms with E-state index in [1.807, 2.05) is 0 Å². The predicted octanol–water partition coefficient (Wildman–Crippen LogP) is 6.43. The van der Waals surface area contributed by atoms with Gasteiger partial charge in [-0.15, -0.1) is 0 Å². The number of nitrogens with zero attached hydrogens (tertiary/aromatic N) is 1. The molecule has 5 aliphatic rings. The summed E-state index contributed by atoms with van der Waals surface area (Å²) >= 11 is 0. The molecule has 0 spiro atoms. The molecule has 7 atom stereocenters. The van der Waals surface area contributed by atoms with Gasteiger partial charge in [-0.25, -0.2) is 4.99 Å². The Bertz CT molecular complexity index is 1620. The Balaban J connectivity index is 1.20. The summed E-state index contributed by atoms with van der Waals surface area (Å²) in [6.07, 6.45) is 10.7. The van der Waals surface area contributed by atoms with Crippen LogP contribution in [-0.2, 0) is 0 Å². The lowest BCUT2D eigenvalue weighted by atomic mass is 9.77. The largest absolute Gasteiger partial charge is 0.358 e. The molecular formula is C32H38N8. The molecule has 8 nitrogen and oxygen atoms in total. The minimum Gasteiger partial charge on any atom is -0.358 e. The zero-order chi connectivity index (χ0) is 26.2. The number of fused-ring (bicyclic) bond motifs is 19. The predicted molar refractivity (Wildman–Crippen MR) is 163 cm³/mol. The van der Waals surface area contributed by atoms with Crippen LogP contribution in [0.25, 0.3) is 21.5 Å². The lowest BCUT2D eigenvalue weighted by Gasteiger charge is -2.32. The maximum Gasteiger partial charge on any atom is 0.125 e. The summed E-state index contributed by atoms with van der Waals surface area (Å²) in [4.78, 5) is 12.9. The van der Waals surface area contributed by atoms with Crippen molar-refractivity contribution < 1.29 is 0 Å². The van der Waals surface area contributed by atoms with Gasteiger partial charge in [-0.1, -0.05) is 74.2 Å². The molecule has 206 valence electrons. The number of hydrogen-bond donors (Lipinski definition) is 7. The van der Waals surface area contributed by atoms with E-state index in [-0.39, 0.29) is 18.5 Å². The zero-order valence-corrected chi connectivity index (χ0v) is 22.8. The first-order valence-electron chi connectivity index (χ1n) is 15.4. The van der Waals surface area contributed by atoms with Gasteiger partial charge in [0.1, 0.15) is 35.3 Å². The van der Waals surface area contributed by atoms with Gasteiger partial charge in [0, 0.05) is 33.4 Å². The average molecular weight is 535 g/mol. The number of H-pyrrole nitrogens is 2. The number of rotatable bonds is 0. The fraction of sp³-hybridized carbons (Fsp3) is 0.469. The number of amidine groups is 1. The van der Waals surface area contributed by atoms with E-state index in [1.165, 1.54) is 78.7 Å². The van der Waals surface area contributed by atoms with Crippen molar-refractivity contribution in [3.8, 4) is 0 Å². The number of aliphatic imine (C=N–C) groups is 1. The highest BCUT2D eigenvalue weighted by Gasteiger charge is 2.47. The van der Waals surface area contributed by atoms with Crippen molar-refractivity contribution in [2.75, 3.05) is 16.0 Å². The third-order valence-electron chi connectivity index (χ3n) is 10.5. The van der Waals surface area contributed by atoms with Crippen LogP contribution in [0, 0.1) is 23.7 Å². The van der Waals surface area contributed by atoms with Crippen LogP contribution in [0.4, 0.5) is 23.3 Å². The van der Waals surface area contributed by atoms with Crippen LogP contribution >= 0.6 is 0 Å². The van der Waals surface area contributed by atoms with Gasteiger partial charge < -0.3 is 31.2 Å². The molecule has 3 fully saturated rings. The molecule has 3 aliphatic heterocycles. The first kappa shape index (κ1) is 23.1. The Labute approximate surface area is 234 Å². The monoisotopic (exact) mass is 534 g/mol. The Hall–Kier alpha value is -3.65. The molecule has 9 rings (SSSR count). The highest BCUT2D eigenvalue weighted by Crippen LogP contribution is 2.44. The Morgan fingerprint density at radius 1 is 0.550 bits per heavy atom. The molecule has 40 heavy (non-hydrogen) atoms. The van der Waals surface area contributed by atoms with E-state index in [0.29, 0.717) is 23.7 Å². The summed E-state index contributed by atoms with van der Waals surface area (Å²) in [6.45, 7) is 0. The number of anilines is 4. The topological polar surface area (TPSA) is 104 Å². The van der Waals surface area contributed by atoms with Crippen molar-refractivity contribution in [3.63, 3.8) is 0 Å². The first-order valence-corrected chi connectivity index (χ1v) is 15.4. The molecule has 4 aromatic rings. The molecule has 0 amide bonds. The van der Waals surface area contributed by atoms with Crippen molar-refractivity contribution >= 4 is 50.7 Å². The molecular weight excluding hydrogens is 496 g/mol. The van der Waals surface area contributed by atoms with Gasteiger partial charge in [-0.3, -0.25) is 5.32 Å². The van der Waals surface area contributed by atoms with Gasteiger partial charge in [0.15, 0.2) is 0 Å². The zero-order valence-electron chi connectivity index (χ0n) is 22.8. The molecule has 0 radical (unpaired) electrons. The van der Waals surface area contributed by atoms with Crippen LogP contribution in [0.3, 0.4) is 0 Å². The molecule has 7 unspecified atom stereocenters. The van der Waals surface area contributed by atoms with Gasteiger partial charge >= 0.3 is 0 Å². The van der Waals surface area contributed by atoms with Crippen molar-refractivity contribution in [3.05, 3.63) is 48.5 Å². The number of nitrogens with one attached hydrogen (secondary N) is 7. The molecule has 2 aliphatic carbocycles. The van der Waals surface area contributed by atoms with Gasteiger partial charge in [0.2, 0.25) is 0 Å². The van der Waals surface area contributed by atoms with Crippen LogP contribution in [0.5, 0.6) is 0 Å². The quantitative estimate of drug-likeness (QED) is 0.141. The van der Waals surface area contributed by atoms with E-state index < -0.39 is 0 Å². The summed E-state index contributed by atoms with van der Waals surface area (Å²) in [5.41, 5.74) is 0. The Kier molecular flexibility index (Phi) is 5.15. The number of hydrogen-bond acceptors (Lipinski definition) is 6. The minimum atomic E-state index is 0.0750. The van der Waals surface area contributed by atoms with E-state index in [4.69, 9.17) is 4.99 Å². The van der Waals surface area contributed by atoms with Gasteiger partial charge in [0.05, 0.1) is 12.3 Å². The van der Waals surface area contributed by atoms with E-state index >= 15 is 0 Å². The summed E-state index contributed by atoms with van der Waals surface area (Å²) in [6, 6.07) is 17.3. The maximum atomic E-state index is 5.40. The second-order valence-corrected chi connectivity index (χ2v) is 12.6. The molecule has 2 aromatic heterocycles. The van der Waals surface area contributed by atoms with Crippen LogP contribution in [0.2, 0.25) is 0 Å². The highest BCUT2D eigenvalue weighted by atomic mass is 15.3. The summed E-state index contributed by atoms with van der Waals surface area (Å²) in [7, 11) is 0. The van der Waals surface area contributed by atoms with Crippen molar-refractivity contribution in [1.29, 1.82) is 0 Å². The third-order valence-corrected chi connectivity index (χ3v) is 10.5. The molecule has 8 heteroatoms. The van der Waals surface area contributed by atoms with Crippen LogP contribution in [0.15, 0.2) is 53.5 Å². The average Bonchev–Trinajstić information content (AvgIpc) is 3.73. The molecule has 5 heterocycles. The maximum absolute atomic E-state index is 5.40. The fourth-order valence-corrected chi connectivity index (χ4v) is 8.63. The van der Waals surface area contributed by atoms with E-state index in [1.54, 1.807) is 0 Å². The standard InChI is InChI=1S/C32H38N8/c1-2-10-18-17(9-1)25-33-26(18)38-28-21-13-5-6-14-22(21)30(35-28)40-32-24-16-8-7-15-23(24)31(36-32)39-29-20-12-4-3-11-19(20)27(34-29)37-25/h1-4,9-12,21-24,28,30-31,33-35,37-39H,5-8,13-16H2,(H,36,40). The van der Waals surface area contributed by atoms with Crippen molar-refractivity contribution in [2.45, 2.75) is 69.9 Å². The molecule has 7 N–H and O–H groups in total. The first-order chi connectivity index (χ1) is 19.8. The molecule has 1 saturated heterocycles. The fourth-order valence-electron chi connectivity index (χ4n) is 8.63. The normalized spacial score (nSPS) is 32.8. The second kappa shape index (κ2) is 8.93. The van der Waals surface area contributed by atoms with E-state index in [0.717, 1.165) is 23.3 Å². The van der Waals surface area contributed by atoms with Crippen molar-refractivity contribution in [2.24, 2.45) is 28.7 Å². The lowest BCUT2D eigenvalue weighted by molar-refractivity contribution is 0.242. The molecule has 2 saturated carbocycles. The van der Waals surface area contributed by atoms with E-state index in [2.05, 4.69) is 85.1 Å². The van der Waals surface area contributed by atoms with Gasteiger partial charge in [-0.2, -0.15) is 0 Å². The summed E-state index contributed by atoms with van der Waals surface area (Å²) < 4.78 is 0. The van der Waals surface area contributed by atoms with Crippen LogP contribution < -0.4 is 26.6 Å². The van der Waals surface area contributed by atoms with Gasteiger partial charge in [0.25, 0.3) is 0 Å². The highest BCUT2D eigenvalue weighted by molar-refractivity contribution is 6.06. The van der Waals surface area contributed by atoms with Crippen molar-refractivity contribution in [1.82, 2.24) is 20.6 Å². The Morgan fingerprint density at radius 2 is 1.07 bits per heavy atom. The Morgan fingerprint density at radius 3 is 1.73 bits per heavy atom. The molecule has 8 bridgehead atoms. The third kappa shape index (κ3) is 3.51. The lowest BCUT2D eigenvalue weighted by Crippen LogP contribution is -2.49. The number of aromatic nitrogens is 2. The van der Waals surface area contributed by atoms with Crippen LogP contribution in [0.1, 0.15) is 51.4 Å².